The van der Waals surface area contributed by atoms with Gasteiger partial charge in [0.1, 0.15) is 0 Å². The van der Waals surface area contributed by atoms with Crippen molar-refractivity contribution in [2.45, 2.75) is 0 Å². The van der Waals surface area contributed by atoms with Crippen LogP contribution in [0.4, 0.5) is 5.82 Å². The van der Waals surface area contributed by atoms with Crippen LogP contribution in [0.15, 0.2) is 58.6 Å². The smallest absolute Gasteiger partial charge is 0.301 e. The molecule has 3 rings (SSSR count). The number of pyridine rings is 2. The summed E-state index contributed by atoms with van der Waals surface area (Å²) in [5.41, 5.74) is -0.926. The summed E-state index contributed by atoms with van der Waals surface area (Å²) < 4.78 is 1.07. The van der Waals surface area contributed by atoms with Crippen LogP contribution in [0, 0.1) is 0 Å². The quantitative estimate of drug-likeness (QED) is 0.527. The number of aliphatic imine (C=N–C) groups is 1. The zero-order valence-electron chi connectivity index (χ0n) is 10.7. The first-order valence-corrected chi connectivity index (χ1v) is 6.01. The van der Waals surface area contributed by atoms with Gasteiger partial charge in [0.25, 0.3) is 0 Å². The van der Waals surface area contributed by atoms with Crippen molar-refractivity contribution < 1.29 is 5.11 Å². The van der Waals surface area contributed by atoms with E-state index in [4.69, 9.17) is 0 Å². The number of rotatable bonds is 3. The van der Waals surface area contributed by atoms with Crippen LogP contribution in [0.3, 0.4) is 0 Å². The van der Waals surface area contributed by atoms with E-state index >= 15 is 0 Å². The topological polar surface area (TPSA) is 112 Å². The van der Waals surface area contributed by atoms with Crippen molar-refractivity contribution in [3.8, 4) is 5.82 Å². The molecule has 0 aromatic carbocycles. The predicted octanol–water partition coefficient (Wildman–Crippen LogP) is -0.211. The molecule has 0 saturated heterocycles. The van der Waals surface area contributed by atoms with E-state index in [1.54, 1.807) is 36.4 Å². The van der Waals surface area contributed by atoms with Crippen molar-refractivity contribution in [3.05, 3.63) is 64.8 Å². The molecule has 0 amide bonds. The van der Waals surface area contributed by atoms with Crippen molar-refractivity contribution in [1.29, 1.82) is 0 Å². The van der Waals surface area contributed by atoms with Crippen molar-refractivity contribution in [3.63, 3.8) is 0 Å². The van der Waals surface area contributed by atoms with E-state index in [1.807, 2.05) is 0 Å². The summed E-state index contributed by atoms with van der Waals surface area (Å²) in [6.45, 7) is 0. The Hall–Kier alpha value is -3.29. The zero-order chi connectivity index (χ0) is 14.7. The van der Waals surface area contributed by atoms with Crippen molar-refractivity contribution in [2.75, 3.05) is 0 Å². The van der Waals surface area contributed by atoms with E-state index < -0.39 is 11.5 Å². The Morgan fingerprint density at radius 2 is 1.90 bits per heavy atom. The fraction of sp³-hybridized carbons (Fsp3) is 0. The molecule has 0 aliphatic carbocycles. The van der Waals surface area contributed by atoms with Gasteiger partial charge in [-0.1, -0.05) is 12.1 Å². The van der Waals surface area contributed by atoms with Gasteiger partial charge in [-0.3, -0.25) is 4.79 Å². The van der Waals surface area contributed by atoms with Crippen LogP contribution >= 0.6 is 0 Å². The van der Waals surface area contributed by atoms with Gasteiger partial charge in [-0.05, 0) is 24.3 Å². The summed E-state index contributed by atoms with van der Waals surface area (Å²) in [7, 11) is 0. The third kappa shape index (κ3) is 2.54. The van der Waals surface area contributed by atoms with E-state index in [0.717, 1.165) is 4.68 Å². The van der Waals surface area contributed by atoms with Crippen LogP contribution in [0.2, 0.25) is 0 Å². The molecule has 0 atom stereocenters. The summed E-state index contributed by atoms with van der Waals surface area (Å²) >= 11 is 0. The molecule has 0 saturated carbocycles. The molecule has 21 heavy (non-hydrogen) atoms. The monoisotopic (exact) mass is 281 g/mol. The standard InChI is InChI=1S/C13H10N6O2/c20-12(16-9-5-1-3-7-14-9)11-13(21)19(18-17-11)10-6-2-4-8-15-10/h1-8,18H,(H,14,16,20)/p-1. The largest absolute Gasteiger partial charge is 0.857 e. The van der Waals surface area contributed by atoms with Gasteiger partial charge >= 0.3 is 5.56 Å². The maximum Gasteiger partial charge on any atom is 0.301 e. The number of aromatic nitrogens is 5. The van der Waals surface area contributed by atoms with Gasteiger partial charge < -0.3 is 5.11 Å². The van der Waals surface area contributed by atoms with E-state index in [0.29, 0.717) is 5.82 Å². The highest BCUT2D eigenvalue weighted by molar-refractivity contribution is 5.89. The molecule has 0 unspecified atom stereocenters. The van der Waals surface area contributed by atoms with Crippen LogP contribution in [0.1, 0.15) is 5.69 Å². The Balaban J connectivity index is 2.00. The Bertz CT molecular complexity index is 823. The average Bonchev–Trinajstić information content (AvgIpc) is 2.91. The van der Waals surface area contributed by atoms with Gasteiger partial charge in [-0.25, -0.2) is 20.2 Å². The molecule has 0 aliphatic rings. The highest BCUT2D eigenvalue weighted by Gasteiger charge is 2.10. The first-order chi connectivity index (χ1) is 10.3. The second-order valence-electron chi connectivity index (χ2n) is 3.99. The number of hydrogen-bond donors (Lipinski definition) is 1. The lowest BCUT2D eigenvalue weighted by Gasteiger charge is -2.04. The summed E-state index contributed by atoms with van der Waals surface area (Å²) in [6.07, 6.45) is 3.03. The minimum Gasteiger partial charge on any atom is -0.857 e. The second-order valence-corrected chi connectivity index (χ2v) is 3.99. The number of aromatic amines is 1. The fourth-order valence-electron chi connectivity index (χ4n) is 1.66. The maximum atomic E-state index is 12.1. The van der Waals surface area contributed by atoms with E-state index in [9.17, 15) is 9.90 Å². The van der Waals surface area contributed by atoms with Gasteiger partial charge in [0, 0.05) is 18.3 Å². The van der Waals surface area contributed by atoms with Crippen LogP contribution in [-0.2, 0) is 0 Å². The van der Waals surface area contributed by atoms with Gasteiger partial charge in [0.2, 0.25) is 0 Å². The lowest BCUT2D eigenvalue weighted by atomic mass is 10.4. The van der Waals surface area contributed by atoms with Crippen LogP contribution in [0.5, 0.6) is 0 Å². The molecular weight excluding hydrogens is 272 g/mol. The molecule has 3 aromatic rings. The molecule has 8 heteroatoms. The molecule has 0 spiro atoms. The first kappa shape index (κ1) is 12.7. The number of H-pyrrole nitrogens is 1. The normalized spacial score (nSPS) is 11.5. The van der Waals surface area contributed by atoms with Crippen LogP contribution < -0.4 is 10.7 Å². The number of hydrogen-bond acceptors (Lipinski definition) is 6. The average molecular weight is 281 g/mol. The molecule has 0 fully saturated rings. The molecule has 0 aliphatic heterocycles. The predicted molar refractivity (Wildman–Crippen MR) is 72.4 cm³/mol. The van der Waals surface area contributed by atoms with Crippen molar-refractivity contribution in [2.24, 2.45) is 4.99 Å². The third-order valence-electron chi connectivity index (χ3n) is 2.61. The first-order valence-electron chi connectivity index (χ1n) is 6.01. The lowest BCUT2D eigenvalue weighted by molar-refractivity contribution is -0.213. The van der Waals surface area contributed by atoms with Crippen LogP contribution in [-0.4, -0.2) is 30.9 Å². The minimum atomic E-state index is -0.760. The molecule has 0 bridgehead atoms. The third-order valence-corrected chi connectivity index (χ3v) is 2.61. The van der Waals surface area contributed by atoms with Gasteiger partial charge in [-0.15, -0.1) is 0 Å². The number of nitrogens with zero attached hydrogens (tertiary/aromatic N) is 5. The minimum absolute atomic E-state index is 0.217. The van der Waals surface area contributed by atoms with Crippen molar-refractivity contribution in [1.82, 2.24) is 25.0 Å². The summed E-state index contributed by atoms with van der Waals surface area (Å²) in [6, 6.07) is 10.00. The molecule has 8 nitrogen and oxygen atoms in total. The molecule has 0 radical (unpaired) electrons. The van der Waals surface area contributed by atoms with Gasteiger partial charge in [0.05, 0.1) is 0 Å². The van der Waals surface area contributed by atoms with Crippen molar-refractivity contribution >= 4 is 11.7 Å². The highest BCUT2D eigenvalue weighted by atomic mass is 16.3. The SMILES string of the molecule is O=c1c(/C([O-])=N/c2ccccn2)n[nH]n1-c1ccccn1. The molecule has 104 valence electrons. The summed E-state index contributed by atoms with van der Waals surface area (Å²) in [5, 5.41) is 18.1. The second kappa shape index (κ2) is 5.37. The molecule has 3 heterocycles. The maximum absolute atomic E-state index is 12.1. The lowest BCUT2D eigenvalue weighted by Crippen LogP contribution is -2.28. The van der Waals surface area contributed by atoms with E-state index in [-0.39, 0.29) is 11.5 Å². The van der Waals surface area contributed by atoms with Gasteiger partial charge in [0.15, 0.2) is 17.3 Å². The van der Waals surface area contributed by atoms with E-state index in [2.05, 4.69) is 25.3 Å². The molecular formula is C13H9N6O2-. The Morgan fingerprint density at radius 1 is 1.14 bits per heavy atom. The Morgan fingerprint density at radius 3 is 2.57 bits per heavy atom. The Kier molecular flexibility index (Phi) is 3.26. The summed E-state index contributed by atoms with van der Waals surface area (Å²) in [4.78, 5) is 23.8. The zero-order valence-corrected chi connectivity index (χ0v) is 10.7. The fourth-order valence-corrected chi connectivity index (χ4v) is 1.66. The number of nitrogens with one attached hydrogen (secondary N) is 1. The molecule has 3 aromatic heterocycles. The van der Waals surface area contributed by atoms with Crippen LogP contribution in [0.25, 0.3) is 5.82 Å². The Labute approximate surface area is 118 Å². The van der Waals surface area contributed by atoms with Gasteiger partial charge in [-0.2, -0.15) is 9.78 Å². The highest BCUT2D eigenvalue weighted by Crippen LogP contribution is 2.05. The molecule has 1 N–H and O–H groups in total. The summed E-state index contributed by atoms with van der Waals surface area (Å²) in [5.74, 6) is -0.203. The van der Waals surface area contributed by atoms with E-state index in [1.165, 1.54) is 12.4 Å².